The minimum atomic E-state index is -0.441. The highest BCUT2D eigenvalue weighted by Crippen LogP contribution is 2.47. The molecule has 0 bridgehead atoms. The zero-order chi connectivity index (χ0) is 21.6. The van der Waals surface area contributed by atoms with E-state index in [2.05, 4.69) is 15.4 Å². The number of halogens is 2. The van der Waals surface area contributed by atoms with Crippen LogP contribution in [0, 0.1) is 11.2 Å². The molecular formula is C22H21ClFN5O2. The summed E-state index contributed by atoms with van der Waals surface area (Å²) in [5.74, 6) is -0.603. The van der Waals surface area contributed by atoms with Gasteiger partial charge in [-0.2, -0.15) is 5.10 Å². The van der Waals surface area contributed by atoms with Gasteiger partial charge in [-0.05, 0) is 62.4 Å². The number of hydrogen-bond acceptors (Lipinski definition) is 4. The number of benzene rings is 1. The monoisotopic (exact) mass is 441 g/mol. The van der Waals surface area contributed by atoms with E-state index in [0.29, 0.717) is 49.3 Å². The number of imidazole rings is 1. The summed E-state index contributed by atoms with van der Waals surface area (Å²) in [6, 6.07) is 7.66. The van der Waals surface area contributed by atoms with Crippen LogP contribution in [0.2, 0.25) is 5.02 Å². The lowest BCUT2D eigenvalue weighted by molar-refractivity contribution is -0.127. The second-order valence-corrected chi connectivity index (χ2v) is 8.67. The molecule has 0 unspecified atom stereocenters. The van der Waals surface area contributed by atoms with Gasteiger partial charge in [-0.3, -0.25) is 9.59 Å². The quantitative estimate of drug-likeness (QED) is 0.673. The number of rotatable bonds is 3. The molecule has 5 rings (SSSR count). The smallest absolute Gasteiger partial charge is 0.271 e. The third-order valence-electron chi connectivity index (χ3n) is 6.50. The lowest BCUT2D eigenvalue weighted by Gasteiger charge is -2.36. The third-order valence-corrected chi connectivity index (χ3v) is 6.80. The molecule has 0 radical (unpaired) electrons. The van der Waals surface area contributed by atoms with Crippen LogP contribution in [0.3, 0.4) is 0 Å². The average molecular weight is 442 g/mol. The number of fused-ring (bicyclic) bond motifs is 1. The van der Waals surface area contributed by atoms with Gasteiger partial charge < -0.3 is 10.2 Å². The van der Waals surface area contributed by atoms with Crippen molar-refractivity contribution in [3.05, 3.63) is 59.3 Å². The second-order valence-electron chi connectivity index (χ2n) is 8.27. The van der Waals surface area contributed by atoms with E-state index in [4.69, 9.17) is 11.6 Å². The first kappa shape index (κ1) is 19.9. The van der Waals surface area contributed by atoms with Gasteiger partial charge in [0.1, 0.15) is 11.5 Å². The van der Waals surface area contributed by atoms with E-state index < -0.39 is 11.2 Å². The van der Waals surface area contributed by atoms with E-state index >= 15 is 0 Å². The molecule has 1 aromatic carbocycles. The van der Waals surface area contributed by atoms with Gasteiger partial charge in [0, 0.05) is 18.8 Å². The molecule has 2 aliphatic rings. The number of nitrogens with one attached hydrogen (secondary N) is 1. The molecule has 0 atom stereocenters. The third kappa shape index (κ3) is 3.44. The highest BCUT2D eigenvalue weighted by atomic mass is 35.5. The van der Waals surface area contributed by atoms with Crippen molar-refractivity contribution in [2.75, 3.05) is 11.4 Å². The highest BCUT2D eigenvalue weighted by molar-refractivity contribution is 6.34. The van der Waals surface area contributed by atoms with E-state index in [1.165, 1.54) is 22.8 Å². The zero-order valence-electron chi connectivity index (χ0n) is 16.7. The first-order chi connectivity index (χ1) is 15.0. The number of carbonyl (C=O) groups is 2. The van der Waals surface area contributed by atoms with Crippen molar-refractivity contribution < 1.29 is 14.0 Å². The van der Waals surface area contributed by atoms with E-state index in [9.17, 15) is 14.0 Å². The Bertz CT molecular complexity index is 1170. The van der Waals surface area contributed by atoms with Crippen molar-refractivity contribution in [3.8, 4) is 0 Å². The number of amides is 2. The van der Waals surface area contributed by atoms with Crippen LogP contribution in [0.1, 0.15) is 42.6 Å². The van der Waals surface area contributed by atoms with E-state index in [0.717, 1.165) is 6.42 Å². The fourth-order valence-electron chi connectivity index (χ4n) is 4.77. The van der Waals surface area contributed by atoms with Crippen LogP contribution in [0.5, 0.6) is 0 Å². The number of aromatic nitrogens is 3. The Balaban J connectivity index is 1.25. The van der Waals surface area contributed by atoms with Gasteiger partial charge in [-0.25, -0.2) is 13.9 Å². The molecule has 2 aromatic heterocycles. The predicted octanol–water partition coefficient (Wildman–Crippen LogP) is 3.62. The van der Waals surface area contributed by atoms with Crippen molar-refractivity contribution in [2.45, 2.75) is 38.1 Å². The summed E-state index contributed by atoms with van der Waals surface area (Å²) in [6.07, 6.45) is 6.68. The molecule has 7 nitrogen and oxygen atoms in total. The van der Waals surface area contributed by atoms with Gasteiger partial charge in [0.2, 0.25) is 5.91 Å². The summed E-state index contributed by atoms with van der Waals surface area (Å²) in [7, 11) is 0. The molecule has 1 N–H and O–H groups in total. The molecule has 3 aromatic rings. The maximum atomic E-state index is 13.4. The molecule has 1 aliphatic heterocycles. The molecule has 9 heteroatoms. The Kier molecular flexibility index (Phi) is 4.89. The fraction of sp³-hybridized carbons (Fsp3) is 0.364. The summed E-state index contributed by atoms with van der Waals surface area (Å²) in [5, 5.41) is 7.49. The van der Waals surface area contributed by atoms with Crippen molar-refractivity contribution in [3.63, 3.8) is 0 Å². The lowest BCUT2D eigenvalue weighted by Crippen LogP contribution is -2.44. The van der Waals surface area contributed by atoms with Crippen LogP contribution >= 0.6 is 11.6 Å². The van der Waals surface area contributed by atoms with Gasteiger partial charge in [0.25, 0.3) is 5.91 Å². The van der Waals surface area contributed by atoms with Crippen LogP contribution in [-0.2, 0) is 4.79 Å². The van der Waals surface area contributed by atoms with Gasteiger partial charge in [-0.1, -0.05) is 11.6 Å². The minimum absolute atomic E-state index is 0.0105. The Morgan fingerprint density at radius 1 is 1.23 bits per heavy atom. The summed E-state index contributed by atoms with van der Waals surface area (Å²) in [4.78, 5) is 31.9. The summed E-state index contributed by atoms with van der Waals surface area (Å²) in [5.41, 5.74) is 1.13. The number of hydrogen-bond donors (Lipinski definition) is 1. The Morgan fingerprint density at radius 3 is 2.81 bits per heavy atom. The average Bonchev–Trinajstić information content (AvgIpc) is 3.33. The molecule has 1 saturated heterocycles. The SMILES string of the molecule is O=C(N[C@H]1CC[C@@]2(CCN(c3ccc(F)cc3Cl)C2=O)CC1)c1cnc2cccnn12. The second kappa shape index (κ2) is 7.60. The van der Waals surface area contributed by atoms with Gasteiger partial charge in [-0.15, -0.1) is 0 Å². The molecule has 160 valence electrons. The fourth-order valence-corrected chi connectivity index (χ4v) is 5.04. The highest BCUT2D eigenvalue weighted by Gasteiger charge is 2.49. The minimum Gasteiger partial charge on any atom is -0.348 e. The normalized spacial score (nSPS) is 23.6. The van der Waals surface area contributed by atoms with Crippen molar-refractivity contribution in [1.82, 2.24) is 19.9 Å². The Morgan fingerprint density at radius 2 is 2.03 bits per heavy atom. The molecule has 1 aliphatic carbocycles. The molecule has 1 spiro atoms. The van der Waals surface area contributed by atoms with E-state index in [1.54, 1.807) is 29.3 Å². The topological polar surface area (TPSA) is 79.6 Å². The summed E-state index contributed by atoms with van der Waals surface area (Å²) < 4.78 is 14.9. The maximum absolute atomic E-state index is 13.4. The maximum Gasteiger partial charge on any atom is 0.271 e. The van der Waals surface area contributed by atoms with Crippen LogP contribution in [0.25, 0.3) is 5.65 Å². The number of nitrogens with zero attached hydrogens (tertiary/aromatic N) is 4. The van der Waals surface area contributed by atoms with Gasteiger partial charge in [0.05, 0.1) is 22.3 Å². The van der Waals surface area contributed by atoms with Crippen molar-refractivity contribution >= 4 is 34.7 Å². The largest absolute Gasteiger partial charge is 0.348 e. The molecule has 3 heterocycles. The van der Waals surface area contributed by atoms with Crippen LogP contribution in [0.4, 0.5) is 10.1 Å². The Labute approximate surface area is 183 Å². The van der Waals surface area contributed by atoms with Crippen LogP contribution in [-0.4, -0.2) is 39.0 Å². The summed E-state index contributed by atoms with van der Waals surface area (Å²) in [6.45, 7) is 0.564. The molecular weight excluding hydrogens is 421 g/mol. The standard InChI is InChI=1S/C22H21ClFN5O2/c23-16-12-14(24)3-4-17(16)28-11-9-22(21(28)31)7-5-15(6-8-22)27-20(30)18-13-25-19-2-1-10-26-29(18)19/h1-4,10,12-13,15H,5-9,11H2,(H,27,30)/t15-,22-. The van der Waals surface area contributed by atoms with E-state index in [-0.39, 0.29) is 22.9 Å². The van der Waals surface area contributed by atoms with Gasteiger partial charge >= 0.3 is 0 Å². The first-order valence-corrected chi connectivity index (χ1v) is 10.7. The molecule has 2 amide bonds. The van der Waals surface area contributed by atoms with Crippen molar-refractivity contribution in [1.29, 1.82) is 0 Å². The first-order valence-electron chi connectivity index (χ1n) is 10.3. The number of carbonyl (C=O) groups excluding carboxylic acids is 2. The molecule has 2 fully saturated rings. The van der Waals surface area contributed by atoms with Crippen LogP contribution < -0.4 is 10.2 Å². The zero-order valence-corrected chi connectivity index (χ0v) is 17.5. The Hall–Kier alpha value is -3.00. The molecule has 31 heavy (non-hydrogen) atoms. The lowest BCUT2D eigenvalue weighted by atomic mass is 9.71. The number of anilines is 1. The summed E-state index contributed by atoms with van der Waals surface area (Å²) >= 11 is 6.18. The predicted molar refractivity (Wildman–Crippen MR) is 114 cm³/mol. The van der Waals surface area contributed by atoms with E-state index in [1.807, 2.05) is 0 Å². The van der Waals surface area contributed by atoms with Crippen molar-refractivity contribution in [2.24, 2.45) is 5.41 Å². The molecule has 1 saturated carbocycles. The van der Waals surface area contributed by atoms with Gasteiger partial charge in [0.15, 0.2) is 5.65 Å². The van der Waals surface area contributed by atoms with Crippen LogP contribution in [0.15, 0.2) is 42.7 Å².